The van der Waals surface area contributed by atoms with Gasteiger partial charge in [0.2, 0.25) is 0 Å². The zero-order chi connectivity index (χ0) is 24.3. The number of ether oxygens (including phenoxy) is 2. The minimum atomic E-state index is -1.02. The average Bonchev–Trinajstić information content (AvgIpc) is 3.10. The second kappa shape index (κ2) is 9.59. The van der Waals surface area contributed by atoms with Crippen molar-refractivity contribution in [3.05, 3.63) is 89.5 Å². The summed E-state index contributed by atoms with van der Waals surface area (Å²) < 4.78 is 11.5. The molecule has 4 rings (SSSR count). The average molecular weight is 460 g/mol. The van der Waals surface area contributed by atoms with Gasteiger partial charge in [0.05, 0.1) is 12.5 Å². The van der Waals surface area contributed by atoms with E-state index >= 15 is 0 Å². The molecule has 0 radical (unpaired) electrons. The van der Waals surface area contributed by atoms with Crippen LogP contribution in [0.2, 0.25) is 0 Å². The van der Waals surface area contributed by atoms with Crippen LogP contribution >= 0.6 is 0 Å². The Kier molecular flexibility index (Phi) is 6.59. The van der Waals surface area contributed by atoms with E-state index in [0.29, 0.717) is 11.3 Å². The van der Waals surface area contributed by atoms with Crippen LogP contribution in [0.5, 0.6) is 5.75 Å². The summed E-state index contributed by atoms with van der Waals surface area (Å²) in [6, 6.07) is 22.6. The lowest BCUT2D eigenvalue weighted by Gasteiger charge is -2.23. The number of carbonyl (C=O) groups excluding carboxylic acids is 1. The van der Waals surface area contributed by atoms with Gasteiger partial charge in [0, 0.05) is 5.92 Å². The molecular formula is C28H29NO5. The van der Waals surface area contributed by atoms with Gasteiger partial charge < -0.3 is 19.9 Å². The molecule has 0 saturated heterocycles. The smallest absolute Gasteiger partial charge is 0.407 e. The number of hydrogen-bond donors (Lipinski definition) is 2. The van der Waals surface area contributed by atoms with E-state index in [1.165, 1.54) is 0 Å². The predicted octanol–water partition coefficient (Wildman–Crippen LogP) is 5.92. The van der Waals surface area contributed by atoms with Gasteiger partial charge in [-0.1, -0.05) is 60.7 Å². The highest BCUT2D eigenvalue weighted by molar-refractivity contribution is 5.79. The second-order valence-corrected chi connectivity index (χ2v) is 9.41. The Morgan fingerprint density at radius 2 is 1.56 bits per heavy atom. The molecule has 1 aliphatic rings. The third-order valence-corrected chi connectivity index (χ3v) is 5.70. The van der Waals surface area contributed by atoms with Crippen molar-refractivity contribution in [2.24, 2.45) is 0 Å². The van der Waals surface area contributed by atoms with Gasteiger partial charge in [-0.05, 0) is 60.7 Å². The molecule has 0 bridgehead atoms. The Labute approximate surface area is 199 Å². The highest BCUT2D eigenvalue weighted by Crippen LogP contribution is 2.44. The minimum absolute atomic E-state index is 0.0698. The monoisotopic (exact) mass is 459 g/mol. The topological polar surface area (TPSA) is 84.9 Å². The molecule has 6 nitrogen and oxygen atoms in total. The number of hydrogen-bond acceptors (Lipinski definition) is 4. The number of alkyl carbamates (subject to hydrolysis) is 1. The van der Waals surface area contributed by atoms with Gasteiger partial charge in [-0.15, -0.1) is 0 Å². The number of amides is 1. The summed E-state index contributed by atoms with van der Waals surface area (Å²) in [5.41, 5.74) is 4.76. The summed E-state index contributed by atoms with van der Waals surface area (Å²) in [6.07, 6.45) is -0.932. The standard InChI is InChI=1S/C28H29NO5/c1-28(2,3)34-19-10-8-9-18(15-19)25(16-26(30)31)29-27(32)33-17-24-22-13-6-4-11-20(22)21-12-5-7-14-23(21)24/h4-15,24-25H,16-17H2,1-3H3,(H,29,32)(H,30,31). The fourth-order valence-electron chi connectivity index (χ4n) is 4.36. The minimum Gasteiger partial charge on any atom is -0.488 e. The lowest BCUT2D eigenvalue weighted by atomic mass is 9.98. The Bertz CT molecular complexity index is 1150. The molecule has 1 aliphatic carbocycles. The fraction of sp³-hybridized carbons (Fsp3) is 0.286. The van der Waals surface area contributed by atoms with Crippen molar-refractivity contribution in [1.29, 1.82) is 0 Å². The predicted molar refractivity (Wildman–Crippen MR) is 130 cm³/mol. The molecule has 2 N–H and O–H groups in total. The molecule has 0 heterocycles. The summed E-state index contributed by atoms with van der Waals surface area (Å²) in [6.45, 7) is 5.96. The van der Waals surface area contributed by atoms with Crippen molar-refractivity contribution in [2.45, 2.75) is 44.8 Å². The van der Waals surface area contributed by atoms with Gasteiger partial charge in [0.25, 0.3) is 0 Å². The van der Waals surface area contributed by atoms with Crippen molar-refractivity contribution in [3.63, 3.8) is 0 Å². The highest BCUT2D eigenvalue weighted by atomic mass is 16.5. The Balaban J connectivity index is 1.48. The molecule has 1 atom stereocenters. The van der Waals surface area contributed by atoms with Crippen LogP contribution in [0.1, 0.15) is 55.8 Å². The van der Waals surface area contributed by atoms with E-state index in [-0.39, 0.29) is 18.9 Å². The van der Waals surface area contributed by atoms with Crippen molar-refractivity contribution >= 4 is 12.1 Å². The van der Waals surface area contributed by atoms with Crippen LogP contribution in [0.25, 0.3) is 11.1 Å². The maximum Gasteiger partial charge on any atom is 0.407 e. The van der Waals surface area contributed by atoms with E-state index in [1.807, 2.05) is 45.0 Å². The van der Waals surface area contributed by atoms with Crippen LogP contribution in [-0.2, 0) is 9.53 Å². The van der Waals surface area contributed by atoms with E-state index in [4.69, 9.17) is 9.47 Å². The number of fused-ring (bicyclic) bond motifs is 3. The quantitative estimate of drug-likeness (QED) is 0.458. The summed E-state index contributed by atoms with van der Waals surface area (Å²) in [4.78, 5) is 24.2. The molecule has 0 spiro atoms. The molecule has 3 aromatic carbocycles. The zero-order valence-corrected chi connectivity index (χ0v) is 19.6. The zero-order valence-electron chi connectivity index (χ0n) is 19.6. The molecular weight excluding hydrogens is 430 g/mol. The maximum atomic E-state index is 12.7. The Morgan fingerprint density at radius 3 is 2.15 bits per heavy atom. The molecule has 0 saturated carbocycles. The molecule has 0 fully saturated rings. The third-order valence-electron chi connectivity index (χ3n) is 5.70. The van der Waals surface area contributed by atoms with Gasteiger partial charge in [-0.3, -0.25) is 4.79 Å². The number of rotatable bonds is 7. The maximum absolute atomic E-state index is 12.7. The summed E-state index contributed by atoms with van der Waals surface area (Å²) in [5.74, 6) is -0.486. The van der Waals surface area contributed by atoms with Gasteiger partial charge in [-0.2, -0.15) is 0 Å². The van der Waals surface area contributed by atoms with E-state index in [0.717, 1.165) is 22.3 Å². The molecule has 176 valence electrons. The van der Waals surface area contributed by atoms with Crippen molar-refractivity contribution < 1.29 is 24.2 Å². The normalized spacial score (nSPS) is 13.5. The molecule has 6 heteroatoms. The van der Waals surface area contributed by atoms with Gasteiger partial charge >= 0.3 is 12.1 Å². The van der Waals surface area contributed by atoms with E-state index in [2.05, 4.69) is 29.6 Å². The van der Waals surface area contributed by atoms with Gasteiger partial charge in [0.15, 0.2) is 0 Å². The number of carbonyl (C=O) groups is 2. The first kappa shape index (κ1) is 23.4. The first-order valence-corrected chi connectivity index (χ1v) is 11.3. The molecule has 1 amide bonds. The van der Waals surface area contributed by atoms with E-state index in [1.54, 1.807) is 24.3 Å². The van der Waals surface area contributed by atoms with Crippen molar-refractivity contribution in [1.82, 2.24) is 5.32 Å². The summed E-state index contributed by atoms with van der Waals surface area (Å²) >= 11 is 0. The Hall–Kier alpha value is -3.80. The molecule has 1 unspecified atom stereocenters. The fourth-order valence-corrected chi connectivity index (χ4v) is 4.36. The first-order chi connectivity index (χ1) is 16.2. The summed E-state index contributed by atoms with van der Waals surface area (Å²) in [5, 5.41) is 12.1. The van der Waals surface area contributed by atoms with Crippen molar-refractivity contribution in [3.8, 4) is 16.9 Å². The lowest BCUT2D eigenvalue weighted by molar-refractivity contribution is -0.137. The molecule has 34 heavy (non-hydrogen) atoms. The number of nitrogens with one attached hydrogen (secondary N) is 1. The van der Waals surface area contributed by atoms with E-state index in [9.17, 15) is 14.7 Å². The number of carboxylic acid groups (broad SMARTS) is 1. The van der Waals surface area contributed by atoms with E-state index < -0.39 is 23.7 Å². The number of benzene rings is 3. The lowest BCUT2D eigenvalue weighted by Crippen LogP contribution is -2.31. The van der Waals surface area contributed by atoms with Crippen LogP contribution in [0.4, 0.5) is 4.79 Å². The summed E-state index contributed by atoms with van der Waals surface area (Å²) in [7, 11) is 0. The Morgan fingerprint density at radius 1 is 0.941 bits per heavy atom. The van der Waals surface area contributed by atoms with Crippen LogP contribution in [0.3, 0.4) is 0 Å². The van der Waals surface area contributed by atoms with Gasteiger partial charge in [0.1, 0.15) is 18.0 Å². The van der Waals surface area contributed by atoms with Crippen LogP contribution in [0, 0.1) is 0 Å². The molecule has 0 aliphatic heterocycles. The first-order valence-electron chi connectivity index (χ1n) is 11.3. The SMILES string of the molecule is CC(C)(C)Oc1cccc(C(CC(=O)O)NC(=O)OCC2c3ccccc3-c3ccccc32)c1. The van der Waals surface area contributed by atoms with Gasteiger partial charge in [-0.25, -0.2) is 4.79 Å². The molecule has 0 aromatic heterocycles. The third kappa shape index (κ3) is 5.39. The highest BCUT2D eigenvalue weighted by Gasteiger charge is 2.29. The number of aliphatic carboxylic acids is 1. The van der Waals surface area contributed by atoms with Crippen LogP contribution in [0.15, 0.2) is 72.8 Å². The van der Waals surface area contributed by atoms with Crippen LogP contribution < -0.4 is 10.1 Å². The number of carboxylic acids is 1. The van der Waals surface area contributed by atoms with Crippen LogP contribution in [-0.4, -0.2) is 29.4 Å². The largest absolute Gasteiger partial charge is 0.488 e. The second-order valence-electron chi connectivity index (χ2n) is 9.41. The molecule has 3 aromatic rings. The van der Waals surface area contributed by atoms with Crippen molar-refractivity contribution in [2.75, 3.05) is 6.61 Å².